The van der Waals surface area contributed by atoms with E-state index in [1.807, 2.05) is 0 Å². The van der Waals surface area contributed by atoms with E-state index in [2.05, 4.69) is 10.2 Å². The highest BCUT2D eigenvalue weighted by molar-refractivity contribution is 7.86. The van der Waals surface area contributed by atoms with Gasteiger partial charge < -0.3 is 15.0 Å². The lowest BCUT2D eigenvalue weighted by Gasteiger charge is -2.33. The van der Waals surface area contributed by atoms with Crippen LogP contribution in [0.4, 0.5) is 3.89 Å². The molecule has 3 rings (SSSR count). The molecule has 0 bridgehead atoms. The first-order valence-corrected chi connectivity index (χ1v) is 10.00. The van der Waals surface area contributed by atoms with E-state index >= 15 is 0 Å². The molecule has 1 atom stereocenters. The van der Waals surface area contributed by atoms with Crippen molar-refractivity contribution in [2.75, 3.05) is 26.2 Å². The molecule has 0 aliphatic carbocycles. The largest absolute Gasteiger partial charge is 0.377 e. The lowest BCUT2D eigenvalue weighted by atomic mass is 10.0. The van der Waals surface area contributed by atoms with Crippen LogP contribution in [0.2, 0.25) is 0 Å². The van der Waals surface area contributed by atoms with Crippen molar-refractivity contribution in [2.45, 2.75) is 42.7 Å². The van der Waals surface area contributed by atoms with Crippen LogP contribution < -0.4 is 5.32 Å². The summed E-state index contributed by atoms with van der Waals surface area (Å²) in [5.41, 5.74) is 0.328. The standard InChI is InChI=1S/C17H23FN2O4S/c18-25(22,23)16-5-3-13(4-6-16)17(21)19-14-7-9-20(10-8-14)12-15-2-1-11-24-15/h3-6,14-15H,1-2,7-12H2,(H,19,21). The van der Waals surface area contributed by atoms with Crippen molar-refractivity contribution < 1.29 is 21.8 Å². The Morgan fingerprint density at radius 3 is 2.44 bits per heavy atom. The smallest absolute Gasteiger partial charge is 0.332 e. The number of ether oxygens (including phenoxy) is 1. The molecule has 1 aromatic carbocycles. The molecule has 25 heavy (non-hydrogen) atoms. The summed E-state index contributed by atoms with van der Waals surface area (Å²) in [6.07, 6.45) is 4.35. The molecule has 0 aromatic heterocycles. The number of amides is 1. The Balaban J connectivity index is 1.47. The zero-order valence-corrected chi connectivity index (χ0v) is 14.8. The van der Waals surface area contributed by atoms with Crippen LogP contribution in [-0.4, -0.2) is 57.6 Å². The monoisotopic (exact) mass is 370 g/mol. The average Bonchev–Trinajstić information content (AvgIpc) is 3.09. The fourth-order valence-electron chi connectivity index (χ4n) is 3.37. The number of carbonyl (C=O) groups excluding carboxylic acids is 1. The summed E-state index contributed by atoms with van der Waals surface area (Å²) in [4.78, 5) is 14.2. The topological polar surface area (TPSA) is 75.7 Å². The Morgan fingerprint density at radius 1 is 1.20 bits per heavy atom. The van der Waals surface area contributed by atoms with Crippen LogP contribution >= 0.6 is 0 Å². The molecule has 0 spiro atoms. The van der Waals surface area contributed by atoms with E-state index in [0.717, 1.165) is 64.1 Å². The first kappa shape index (κ1) is 18.3. The van der Waals surface area contributed by atoms with Crippen LogP contribution in [0.15, 0.2) is 29.2 Å². The van der Waals surface area contributed by atoms with E-state index in [9.17, 15) is 17.1 Å². The van der Waals surface area contributed by atoms with E-state index in [0.29, 0.717) is 11.7 Å². The van der Waals surface area contributed by atoms with Crippen molar-refractivity contribution in [1.82, 2.24) is 10.2 Å². The number of hydrogen-bond donors (Lipinski definition) is 1. The predicted molar refractivity (Wildman–Crippen MR) is 90.6 cm³/mol. The van der Waals surface area contributed by atoms with Crippen LogP contribution in [0, 0.1) is 0 Å². The Labute approximate surface area is 147 Å². The molecule has 1 unspecified atom stereocenters. The fraction of sp³-hybridized carbons (Fsp3) is 0.588. The predicted octanol–water partition coefficient (Wildman–Crippen LogP) is 1.72. The second-order valence-electron chi connectivity index (χ2n) is 6.65. The highest BCUT2D eigenvalue weighted by Gasteiger charge is 2.25. The third kappa shape index (κ3) is 4.99. The number of halogens is 1. The minimum Gasteiger partial charge on any atom is -0.377 e. The Kier molecular flexibility index (Phi) is 5.71. The Hall–Kier alpha value is -1.51. The van der Waals surface area contributed by atoms with Gasteiger partial charge in [0.1, 0.15) is 0 Å². The quantitative estimate of drug-likeness (QED) is 0.799. The molecule has 8 heteroatoms. The highest BCUT2D eigenvalue weighted by atomic mass is 32.3. The fourth-order valence-corrected chi connectivity index (χ4v) is 3.83. The minimum absolute atomic E-state index is 0.0952. The molecule has 1 N–H and O–H groups in total. The third-order valence-electron chi connectivity index (χ3n) is 4.81. The summed E-state index contributed by atoms with van der Waals surface area (Å²) in [6.45, 7) is 3.66. The first-order valence-electron chi connectivity index (χ1n) is 8.61. The lowest BCUT2D eigenvalue weighted by molar-refractivity contribution is 0.0613. The van der Waals surface area contributed by atoms with Crippen LogP contribution in [0.1, 0.15) is 36.0 Å². The molecule has 138 valence electrons. The molecule has 2 saturated heterocycles. The summed E-state index contributed by atoms with van der Waals surface area (Å²) in [5, 5.41) is 2.97. The molecule has 2 fully saturated rings. The average molecular weight is 370 g/mol. The van der Waals surface area contributed by atoms with Crippen molar-refractivity contribution >= 4 is 16.1 Å². The minimum atomic E-state index is -4.74. The Bertz CT molecular complexity index is 694. The van der Waals surface area contributed by atoms with Gasteiger partial charge in [-0.25, -0.2) is 0 Å². The van der Waals surface area contributed by atoms with Gasteiger partial charge >= 0.3 is 10.2 Å². The third-order valence-corrected chi connectivity index (χ3v) is 5.64. The summed E-state index contributed by atoms with van der Waals surface area (Å²) < 4.78 is 40.1. The van der Waals surface area contributed by atoms with Gasteiger partial charge in [-0.15, -0.1) is 3.89 Å². The number of carbonyl (C=O) groups is 1. The van der Waals surface area contributed by atoms with E-state index in [4.69, 9.17) is 4.74 Å². The number of nitrogens with one attached hydrogen (secondary N) is 1. The van der Waals surface area contributed by atoms with Gasteiger partial charge in [0.15, 0.2) is 0 Å². The van der Waals surface area contributed by atoms with Gasteiger partial charge in [0.25, 0.3) is 5.91 Å². The number of piperidine rings is 1. The molecule has 6 nitrogen and oxygen atoms in total. The van der Waals surface area contributed by atoms with Gasteiger partial charge in [0.05, 0.1) is 11.0 Å². The first-order chi connectivity index (χ1) is 11.9. The van der Waals surface area contributed by atoms with Crippen LogP contribution in [-0.2, 0) is 15.0 Å². The van der Waals surface area contributed by atoms with E-state index in [1.54, 1.807) is 0 Å². The zero-order valence-electron chi connectivity index (χ0n) is 14.0. The number of nitrogens with zero attached hydrogens (tertiary/aromatic N) is 1. The van der Waals surface area contributed by atoms with Gasteiger partial charge in [-0.1, -0.05) is 0 Å². The molecule has 1 aromatic rings. The SMILES string of the molecule is O=C(NC1CCN(CC2CCCO2)CC1)c1ccc(S(=O)(=O)F)cc1. The van der Waals surface area contributed by atoms with Gasteiger partial charge in [-0.05, 0) is 49.9 Å². The van der Waals surface area contributed by atoms with Crippen LogP contribution in [0.25, 0.3) is 0 Å². The summed E-state index contributed by atoms with van der Waals surface area (Å²) in [5.74, 6) is -0.264. The number of benzene rings is 1. The van der Waals surface area contributed by atoms with Gasteiger partial charge in [0.2, 0.25) is 0 Å². The summed E-state index contributed by atoms with van der Waals surface area (Å²) in [7, 11) is -4.74. The number of rotatable bonds is 5. The Morgan fingerprint density at radius 2 is 1.88 bits per heavy atom. The van der Waals surface area contributed by atoms with Gasteiger partial charge in [-0.2, -0.15) is 8.42 Å². The summed E-state index contributed by atoms with van der Waals surface area (Å²) >= 11 is 0. The summed E-state index contributed by atoms with van der Waals surface area (Å²) in [6, 6.07) is 4.96. The highest BCUT2D eigenvalue weighted by Crippen LogP contribution is 2.18. The number of likely N-dealkylation sites (tertiary alicyclic amines) is 1. The van der Waals surface area contributed by atoms with Gasteiger partial charge in [0, 0.05) is 37.8 Å². The van der Waals surface area contributed by atoms with Crippen molar-refractivity contribution in [2.24, 2.45) is 0 Å². The van der Waals surface area contributed by atoms with Crippen molar-refractivity contribution in [3.63, 3.8) is 0 Å². The van der Waals surface area contributed by atoms with E-state index in [-0.39, 0.29) is 11.9 Å². The van der Waals surface area contributed by atoms with Crippen LogP contribution in [0.5, 0.6) is 0 Å². The second kappa shape index (κ2) is 7.80. The molecular formula is C17H23FN2O4S. The molecule has 1 amide bonds. The lowest BCUT2D eigenvalue weighted by Crippen LogP contribution is -2.46. The molecule has 2 aliphatic heterocycles. The maximum Gasteiger partial charge on any atom is 0.332 e. The zero-order chi connectivity index (χ0) is 17.9. The van der Waals surface area contributed by atoms with Crippen molar-refractivity contribution in [3.8, 4) is 0 Å². The molecule has 2 heterocycles. The number of hydrogen-bond acceptors (Lipinski definition) is 5. The normalized spacial score (nSPS) is 22.8. The van der Waals surface area contributed by atoms with E-state index < -0.39 is 15.1 Å². The maximum atomic E-state index is 12.9. The molecule has 0 saturated carbocycles. The van der Waals surface area contributed by atoms with Gasteiger partial charge in [-0.3, -0.25) is 4.79 Å². The maximum absolute atomic E-state index is 12.9. The molecule has 0 radical (unpaired) electrons. The van der Waals surface area contributed by atoms with E-state index in [1.165, 1.54) is 12.1 Å². The second-order valence-corrected chi connectivity index (χ2v) is 7.99. The molecular weight excluding hydrogens is 347 g/mol. The van der Waals surface area contributed by atoms with Crippen LogP contribution in [0.3, 0.4) is 0 Å². The van der Waals surface area contributed by atoms with Crippen molar-refractivity contribution in [3.05, 3.63) is 29.8 Å². The molecule has 2 aliphatic rings. The van der Waals surface area contributed by atoms with Crippen molar-refractivity contribution in [1.29, 1.82) is 0 Å².